The lowest BCUT2D eigenvalue weighted by molar-refractivity contribution is -0.143. The van der Waals surface area contributed by atoms with E-state index in [1.807, 2.05) is 6.07 Å². The van der Waals surface area contributed by atoms with Gasteiger partial charge in [0, 0.05) is 18.0 Å². The predicted molar refractivity (Wildman–Crippen MR) is 96.9 cm³/mol. The first-order valence-corrected chi connectivity index (χ1v) is 11.7. The molecule has 0 aliphatic rings. The fourth-order valence-electron chi connectivity index (χ4n) is 2.54. The third kappa shape index (κ3) is 5.50. The van der Waals surface area contributed by atoms with Crippen molar-refractivity contribution in [1.29, 1.82) is 0 Å². The second-order valence-electron chi connectivity index (χ2n) is 7.00. The number of nitrogens with zero attached hydrogens (tertiary/aromatic N) is 1. The normalized spacial score (nSPS) is 14.2. The summed E-state index contributed by atoms with van der Waals surface area (Å²) in [6.07, 6.45) is -0.159. The van der Waals surface area contributed by atoms with Gasteiger partial charge in [-0.1, -0.05) is 26.6 Å². The van der Waals surface area contributed by atoms with Crippen LogP contribution in [0.15, 0.2) is 6.07 Å². The van der Waals surface area contributed by atoms with Crippen molar-refractivity contribution in [2.45, 2.75) is 51.6 Å². The zero-order valence-corrected chi connectivity index (χ0v) is 16.9. The van der Waals surface area contributed by atoms with Gasteiger partial charge in [-0.05, 0) is 18.1 Å². The predicted octanol–water partition coefficient (Wildman–Crippen LogP) is 1.83. The molecule has 8 heteroatoms. The van der Waals surface area contributed by atoms with Crippen LogP contribution in [0.25, 0.3) is 0 Å². The minimum Gasteiger partial charge on any atom is -0.481 e. The Morgan fingerprint density at radius 3 is 2.40 bits per heavy atom. The second kappa shape index (κ2) is 8.75. The lowest BCUT2D eigenvalue weighted by Crippen LogP contribution is -2.42. The molecule has 0 spiro atoms. The second-order valence-corrected chi connectivity index (χ2v) is 12.0. The van der Waals surface area contributed by atoms with E-state index in [0.29, 0.717) is 17.0 Å². The highest BCUT2D eigenvalue weighted by molar-refractivity contribution is 6.88. The standard InChI is InChI=1S/C17H29NO6Si/c1-7-17(21,9-15(19)20)13-8-14(25(4,5)6)18-16(23-3)12(13)10-24-11-22-2/h8,21H,7,9-11H2,1-6H3,(H,19,20)/t17-/m1/s1. The molecule has 1 rings (SSSR count). The number of rotatable bonds is 10. The number of pyridine rings is 1. The average Bonchev–Trinajstić information content (AvgIpc) is 2.53. The fourth-order valence-corrected chi connectivity index (χ4v) is 3.56. The lowest BCUT2D eigenvalue weighted by atomic mass is 9.85. The van der Waals surface area contributed by atoms with Crippen LogP contribution in [-0.2, 0) is 26.5 Å². The Morgan fingerprint density at radius 1 is 1.32 bits per heavy atom. The van der Waals surface area contributed by atoms with E-state index in [-0.39, 0.29) is 19.8 Å². The van der Waals surface area contributed by atoms with Gasteiger partial charge in [0.25, 0.3) is 0 Å². The van der Waals surface area contributed by atoms with Crippen molar-refractivity contribution in [2.24, 2.45) is 0 Å². The SMILES string of the molecule is CC[C@@](O)(CC(=O)O)c1cc([Si](C)(C)C)nc(OC)c1COCOC. The highest BCUT2D eigenvalue weighted by Gasteiger charge is 2.36. The summed E-state index contributed by atoms with van der Waals surface area (Å²) in [5, 5.41) is 21.2. The van der Waals surface area contributed by atoms with Gasteiger partial charge in [-0.15, -0.1) is 0 Å². The van der Waals surface area contributed by atoms with Crippen LogP contribution < -0.4 is 10.1 Å². The van der Waals surface area contributed by atoms with Gasteiger partial charge < -0.3 is 24.4 Å². The molecule has 1 heterocycles. The van der Waals surface area contributed by atoms with E-state index in [1.54, 1.807) is 6.92 Å². The maximum absolute atomic E-state index is 11.3. The highest BCUT2D eigenvalue weighted by Crippen LogP contribution is 2.35. The molecule has 2 N–H and O–H groups in total. The van der Waals surface area contributed by atoms with Crippen LogP contribution >= 0.6 is 0 Å². The molecule has 142 valence electrons. The molecule has 1 aromatic rings. The smallest absolute Gasteiger partial charge is 0.306 e. The number of aliphatic hydroxyl groups is 1. The van der Waals surface area contributed by atoms with Crippen molar-refractivity contribution in [3.63, 3.8) is 0 Å². The minimum atomic E-state index is -1.82. The molecular formula is C17H29NO6Si. The Kier molecular flexibility index (Phi) is 7.55. The van der Waals surface area contributed by atoms with Crippen LogP contribution in [-0.4, -0.2) is 50.3 Å². The molecule has 25 heavy (non-hydrogen) atoms. The number of aliphatic carboxylic acids is 1. The summed E-state index contributed by atoms with van der Waals surface area (Å²) in [4.78, 5) is 15.9. The van der Waals surface area contributed by atoms with Gasteiger partial charge in [-0.2, -0.15) is 0 Å². The number of hydrogen-bond acceptors (Lipinski definition) is 6. The van der Waals surface area contributed by atoms with Crippen molar-refractivity contribution in [3.05, 3.63) is 17.2 Å². The average molecular weight is 372 g/mol. The van der Waals surface area contributed by atoms with Crippen LogP contribution in [0.5, 0.6) is 5.88 Å². The first-order valence-electron chi connectivity index (χ1n) is 8.18. The molecule has 0 unspecified atom stereocenters. The molecule has 7 nitrogen and oxygen atoms in total. The van der Waals surface area contributed by atoms with Crippen LogP contribution in [0.2, 0.25) is 19.6 Å². The Balaban J connectivity index is 3.58. The van der Waals surface area contributed by atoms with Gasteiger partial charge in [0.2, 0.25) is 5.88 Å². The summed E-state index contributed by atoms with van der Waals surface area (Å²) in [6.45, 7) is 8.31. The largest absolute Gasteiger partial charge is 0.481 e. The van der Waals surface area contributed by atoms with E-state index < -0.39 is 26.1 Å². The number of methoxy groups -OCH3 is 2. The topological polar surface area (TPSA) is 98.1 Å². The quantitative estimate of drug-likeness (QED) is 0.368. The first-order chi connectivity index (χ1) is 11.6. The van der Waals surface area contributed by atoms with Crippen molar-refractivity contribution in [1.82, 2.24) is 4.98 Å². The van der Waals surface area contributed by atoms with Crippen LogP contribution in [0, 0.1) is 0 Å². The summed E-state index contributed by atoms with van der Waals surface area (Å²) in [5.41, 5.74) is -0.479. The Morgan fingerprint density at radius 2 is 1.96 bits per heavy atom. The molecule has 0 aromatic carbocycles. The van der Waals surface area contributed by atoms with Gasteiger partial charge in [-0.25, -0.2) is 4.98 Å². The first kappa shape index (κ1) is 21.6. The van der Waals surface area contributed by atoms with Gasteiger partial charge in [0.1, 0.15) is 20.5 Å². The zero-order chi connectivity index (χ0) is 19.3. The zero-order valence-electron chi connectivity index (χ0n) is 15.9. The summed E-state index contributed by atoms with van der Waals surface area (Å²) in [7, 11) is 1.19. The molecule has 0 amide bonds. The van der Waals surface area contributed by atoms with E-state index in [1.165, 1.54) is 14.2 Å². The molecule has 1 aromatic heterocycles. The number of ether oxygens (including phenoxy) is 3. The number of aromatic nitrogens is 1. The van der Waals surface area contributed by atoms with Gasteiger partial charge >= 0.3 is 5.97 Å². The van der Waals surface area contributed by atoms with Gasteiger partial charge in [-0.3, -0.25) is 4.79 Å². The minimum absolute atomic E-state index is 0.0713. The summed E-state index contributed by atoms with van der Waals surface area (Å²) in [5.74, 6) is -0.721. The van der Waals surface area contributed by atoms with E-state index in [4.69, 9.17) is 14.2 Å². The lowest BCUT2D eigenvalue weighted by Gasteiger charge is -2.30. The van der Waals surface area contributed by atoms with E-state index in [9.17, 15) is 15.0 Å². The van der Waals surface area contributed by atoms with Crippen molar-refractivity contribution >= 4 is 19.4 Å². The van der Waals surface area contributed by atoms with Crippen molar-refractivity contribution in [3.8, 4) is 5.88 Å². The number of carboxylic acid groups (broad SMARTS) is 1. The molecular weight excluding hydrogens is 342 g/mol. The molecule has 0 saturated carbocycles. The van der Waals surface area contributed by atoms with Crippen LogP contribution in [0.4, 0.5) is 0 Å². The van der Waals surface area contributed by atoms with Gasteiger partial charge in [0.05, 0.1) is 20.1 Å². The van der Waals surface area contributed by atoms with E-state index >= 15 is 0 Å². The Bertz CT molecular complexity index is 602. The third-order valence-electron chi connectivity index (χ3n) is 4.03. The number of hydrogen-bond donors (Lipinski definition) is 2. The summed E-state index contributed by atoms with van der Waals surface area (Å²) >= 11 is 0. The molecule has 1 atom stereocenters. The Labute approximate surface area is 150 Å². The molecule has 0 aliphatic heterocycles. The molecule has 0 bridgehead atoms. The van der Waals surface area contributed by atoms with E-state index in [0.717, 1.165) is 5.32 Å². The summed E-state index contributed by atoms with van der Waals surface area (Å²) < 4.78 is 15.8. The monoisotopic (exact) mass is 371 g/mol. The number of carboxylic acids is 1. The molecule has 0 radical (unpaired) electrons. The molecule has 0 aliphatic carbocycles. The van der Waals surface area contributed by atoms with E-state index in [2.05, 4.69) is 24.6 Å². The van der Waals surface area contributed by atoms with Crippen LogP contribution in [0.1, 0.15) is 30.9 Å². The van der Waals surface area contributed by atoms with Gasteiger partial charge in [0.15, 0.2) is 0 Å². The highest BCUT2D eigenvalue weighted by atomic mass is 28.3. The summed E-state index contributed by atoms with van der Waals surface area (Å²) in [6, 6.07) is 1.81. The Hall–Kier alpha value is -1.48. The maximum atomic E-state index is 11.3. The number of carbonyl (C=O) groups is 1. The van der Waals surface area contributed by atoms with Crippen LogP contribution in [0.3, 0.4) is 0 Å². The van der Waals surface area contributed by atoms with Crippen molar-refractivity contribution < 1.29 is 29.2 Å². The molecule has 0 fully saturated rings. The molecule has 0 saturated heterocycles. The van der Waals surface area contributed by atoms with Crippen molar-refractivity contribution in [2.75, 3.05) is 21.0 Å². The maximum Gasteiger partial charge on any atom is 0.306 e. The third-order valence-corrected chi connectivity index (χ3v) is 5.82. The fraction of sp³-hybridized carbons (Fsp3) is 0.647.